The molecule has 0 aromatic carbocycles. The van der Waals surface area contributed by atoms with Gasteiger partial charge in [0.25, 0.3) is 11.8 Å². The summed E-state index contributed by atoms with van der Waals surface area (Å²) in [4.78, 5) is 51.6. The Kier molecular flexibility index (Phi) is 7.98. The van der Waals surface area contributed by atoms with E-state index in [4.69, 9.17) is 4.74 Å². The number of carbonyl (C=O) groups is 3. The van der Waals surface area contributed by atoms with Crippen molar-refractivity contribution in [2.75, 3.05) is 16.4 Å². The van der Waals surface area contributed by atoms with Gasteiger partial charge in [-0.15, -0.1) is 0 Å². The molecule has 3 heterocycles. The van der Waals surface area contributed by atoms with E-state index in [2.05, 4.69) is 15.3 Å². The summed E-state index contributed by atoms with van der Waals surface area (Å²) in [5.74, 6) is -6.11. The van der Waals surface area contributed by atoms with E-state index in [0.717, 1.165) is 22.1 Å². The van der Waals surface area contributed by atoms with Crippen molar-refractivity contribution in [1.82, 2.24) is 15.3 Å². The first-order valence-corrected chi connectivity index (χ1v) is 13.4. The maximum absolute atomic E-state index is 14.6. The molecule has 3 amide bonds. The van der Waals surface area contributed by atoms with E-state index in [9.17, 15) is 32.8 Å². The molecule has 0 radical (unpaired) electrons. The standard InChI is InChI=1S/C29H27F3N6O4/c1-17-4-2-3-5-22(17)25(26(39)36-20-12-29(31,32)13-20)37(21-11-19(30)15-34-16-21)27(40)23-7-9-42-28(41)38(23)24-10-18(14-33)6-8-35-24/h2-6,8,10-11,15-17,20,22-23,25H,7,9,12-13H2,1H3,(H,36,39). The Morgan fingerprint density at radius 3 is 2.69 bits per heavy atom. The van der Waals surface area contributed by atoms with Crippen molar-refractivity contribution >= 4 is 29.4 Å². The fourth-order valence-electron chi connectivity index (χ4n) is 5.45. The Balaban J connectivity index is 1.59. The fraction of sp³-hybridized carbons (Fsp3) is 0.379. The minimum Gasteiger partial charge on any atom is -0.449 e. The quantitative estimate of drug-likeness (QED) is 0.526. The predicted molar refractivity (Wildman–Crippen MR) is 144 cm³/mol. The van der Waals surface area contributed by atoms with Gasteiger partial charge in [0.1, 0.15) is 23.7 Å². The molecule has 4 unspecified atom stereocenters. The molecule has 1 saturated heterocycles. The third-order valence-electron chi connectivity index (χ3n) is 7.55. The molecular formula is C29H27F3N6O4. The molecule has 3 aliphatic rings. The number of hydrogen-bond donors (Lipinski definition) is 1. The zero-order valence-electron chi connectivity index (χ0n) is 22.5. The largest absolute Gasteiger partial charge is 0.449 e. The van der Waals surface area contributed by atoms with Gasteiger partial charge in [0.15, 0.2) is 0 Å². The lowest BCUT2D eigenvalue weighted by Crippen LogP contribution is -2.63. The number of ether oxygens (including phenoxy) is 1. The summed E-state index contributed by atoms with van der Waals surface area (Å²) in [6.07, 6.45) is 8.50. The number of alkyl halides is 2. The number of nitrogens with one attached hydrogen (secondary N) is 1. The number of nitriles is 1. The number of rotatable bonds is 7. The zero-order valence-corrected chi connectivity index (χ0v) is 22.5. The lowest BCUT2D eigenvalue weighted by atomic mass is 9.81. The summed E-state index contributed by atoms with van der Waals surface area (Å²) in [7, 11) is 0. The van der Waals surface area contributed by atoms with Crippen molar-refractivity contribution in [1.29, 1.82) is 5.26 Å². The summed E-state index contributed by atoms with van der Waals surface area (Å²) in [5.41, 5.74) is 0.116. The molecule has 10 nitrogen and oxygen atoms in total. The second-order valence-electron chi connectivity index (χ2n) is 10.5. The number of aromatic nitrogens is 2. The van der Waals surface area contributed by atoms with Crippen molar-refractivity contribution in [2.24, 2.45) is 11.8 Å². The van der Waals surface area contributed by atoms with Crippen LogP contribution in [0.25, 0.3) is 0 Å². The van der Waals surface area contributed by atoms with Gasteiger partial charge in [-0.3, -0.25) is 19.5 Å². The minimum atomic E-state index is -2.90. The van der Waals surface area contributed by atoms with E-state index in [0.29, 0.717) is 0 Å². The second kappa shape index (κ2) is 11.6. The summed E-state index contributed by atoms with van der Waals surface area (Å²) in [5, 5.41) is 12.0. The van der Waals surface area contributed by atoms with Crippen LogP contribution in [0.1, 0.15) is 31.7 Å². The van der Waals surface area contributed by atoms with Gasteiger partial charge in [-0.1, -0.05) is 31.2 Å². The van der Waals surface area contributed by atoms with Crippen molar-refractivity contribution in [3.8, 4) is 6.07 Å². The maximum atomic E-state index is 14.6. The highest BCUT2D eigenvalue weighted by Gasteiger charge is 2.49. The lowest BCUT2D eigenvalue weighted by Gasteiger charge is -2.43. The number of halogens is 3. The van der Waals surface area contributed by atoms with Crippen LogP contribution in [0, 0.1) is 29.0 Å². The van der Waals surface area contributed by atoms with Crippen LogP contribution in [0.3, 0.4) is 0 Å². The van der Waals surface area contributed by atoms with Crippen LogP contribution in [0.2, 0.25) is 0 Å². The van der Waals surface area contributed by atoms with Crippen molar-refractivity contribution in [3.05, 3.63) is 72.5 Å². The topological polar surface area (TPSA) is 129 Å². The van der Waals surface area contributed by atoms with Crippen molar-refractivity contribution < 1.29 is 32.3 Å². The number of carbonyl (C=O) groups excluding carboxylic acids is 3. The first kappa shape index (κ1) is 28.8. The highest BCUT2D eigenvalue weighted by Crippen LogP contribution is 2.38. The molecule has 2 aliphatic carbocycles. The molecule has 0 spiro atoms. The van der Waals surface area contributed by atoms with E-state index in [-0.39, 0.29) is 36.0 Å². The SMILES string of the molecule is CC1C=CC=CC1C(C(=O)NC1CC(F)(F)C1)N(C(=O)C1CCOC(=O)N1c1cc(C#N)ccn1)c1cncc(F)c1. The van der Waals surface area contributed by atoms with E-state index in [1.54, 1.807) is 18.2 Å². The monoisotopic (exact) mass is 580 g/mol. The van der Waals surface area contributed by atoms with Crippen LogP contribution < -0.4 is 15.1 Å². The molecule has 1 N–H and O–H groups in total. The van der Waals surface area contributed by atoms with Crippen molar-refractivity contribution in [2.45, 2.75) is 50.2 Å². The number of nitrogens with zero attached hydrogens (tertiary/aromatic N) is 5. The molecule has 0 bridgehead atoms. The average Bonchev–Trinajstić information content (AvgIpc) is 2.95. The molecule has 218 valence electrons. The van der Waals surface area contributed by atoms with E-state index in [1.165, 1.54) is 24.5 Å². The van der Waals surface area contributed by atoms with Crippen LogP contribution in [-0.2, 0) is 14.3 Å². The molecule has 5 rings (SSSR count). The van der Waals surface area contributed by atoms with E-state index >= 15 is 0 Å². The van der Waals surface area contributed by atoms with Crippen LogP contribution in [0.15, 0.2) is 61.1 Å². The van der Waals surface area contributed by atoms with Crippen molar-refractivity contribution in [3.63, 3.8) is 0 Å². The van der Waals surface area contributed by atoms with Gasteiger partial charge in [0, 0.05) is 43.5 Å². The minimum absolute atomic E-state index is 0.0125. The highest BCUT2D eigenvalue weighted by atomic mass is 19.3. The molecule has 4 atom stereocenters. The molecule has 1 saturated carbocycles. The molecule has 2 fully saturated rings. The first-order chi connectivity index (χ1) is 20.1. The third-order valence-corrected chi connectivity index (χ3v) is 7.55. The van der Waals surface area contributed by atoms with Gasteiger partial charge in [-0.25, -0.2) is 27.8 Å². The smallest absolute Gasteiger partial charge is 0.416 e. The van der Waals surface area contributed by atoms with Crippen LogP contribution >= 0.6 is 0 Å². The van der Waals surface area contributed by atoms with Gasteiger partial charge >= 0.3 is 6.09 Å². The third kappa shape index (κ3) is 5.83. The van der Waals surface area contributed by atoms with Crippen LogP contribution in [0.4, 0.5) is 29.5 Å². The number of hydrogen-bond acceptors (Lipinski definition) is 7. The molecule has 42 heavy (non-hydrogen) atoms. The Bertz CT molecular complexity index is 1480. The number of pyridine rings is 2. The number of anilines is 2. The maximum Gasteiger partial charge on any atom is 0.416 e. The second-order valence-corrected chi connectivity index (χ2v) is 10.5. The Hall–Kier alpha value is -4.73. The van der Waals surface area contributed by atoms with E-state index < -0.39 is 66.5 Å². The lowest BCUT2D eigenvalue weighted by molar-refractivity contribution is -0.134. The normalized spacial score (nSPS) is 23.7. The Morgan fingerprint density at radius 2 is 2.00 bits per heavy atom. The van der Waals surface area contributed by atoms with Gasteiger partial charge < -0.3 is 10.1 Å². The molecule has 2 aromatic rings. The molecule has 1 aliphatic heterocycles. The summed E-state index contributed by atoms with van der Waals surface area (Å²) in [6.45, 7) is 1.70. The Morgan fingerprint density at radius 1 is 1.24 bits per heavy atom. The highest BCUT2D eigenvalue weighted by molar-refractivity contribution is 6.08. The molecule has 2 aromatic heterocycles. The average molecular weight is 581 g/mol. The van der Waals surface area contributed by atoms with Crippen LogP contribution in [0.5, 0.6) is 0 Å². The molecular weight excluding hydrogens is 553 g/mol. The van der Waals surface area contributed by atoms with Gasteiger partial charge in [-0.2, -0.15) is 5.26 Å². The summed E-state index contributed by atoms with van der Waals surface area (Å²) in [6, 6.07) is 2.33. The number of cyclic esters (lactones) is 1. The predicted octanol–water partition coefficient (Wildman–Crippen LogP) is 3.90. The summed E-state index contributed by atoms with van der Waals surface area (Å²) >= 11 is 0. The molecule has 13 heteroatoms. The summed E-state index contributed by atoms with van der Waals surface area (Å²) < 4.78 is 47.0. The Labute approximate surface area is 239 Å². The number of amides is 3. The van der Waals surface area contributed by atoms with Gasteiger partial charge in [0.05, 0.1) is 36.3 Å². The number of allylic oxidation sites excluding steroid dienone is 3. The van der Waals surface area contributed by atoms with Gasteiger partial charge in [0.2, 0.25) is 5.91 Å². The van der Waals surface area contributed by atoms with Crippen LogP contribution in [-0.4, -0.2) is 58.5 Å². The first-order valence-electron chi connectivity index (χ1n) is 13.4. The van der Waals surface area contributed by atoms with E-state index in [1.807, 2.05) is 19.1 Å². The fourth-order valence-corrected chi connectivity index (χ4v) is 5.45. The van der Waals surface area contributed by atoms with Gasteiger partial charge in [-0.05, 0) is 18.1 Å². The zero-order chi connectivity index (χ0) is 30.0.